The monoisotopic (exact) mass is 387 g/mol. The fourth-order valence-corrected chi connectivity index (χ4v) is 5.71. The lowest BCUT2D eigenvalue weighted by atomic mass is 10.1. The van der Waals surface area contributed by atoms with Crippen molar-refractivity contribution in [3.63, 3.8) is 0 Å². The van der Waals surface area contributed by atoms with Crippen molar-refractivity contribution >= 4 is 42.2 Å². The molecule has 28 heavy (non-hydrogen) atoms. The molecule has 0 fully saturated rings. The van der Waals surface area contributed by atoms with Gasteiger partial charge in [-0.15, -0.1) is 0 Å². The largest absolute Gasteiger partial charge is 0.295 e. The summed E-state index contributed by atoms with van der Waals surface area (Å²) in [5.74, 6) is -0.150. The zero-order valence-corrected chi connectivity index (χ0v) is 16.7. The number of hydrogen-bond acceptors (Lipinski definition) is 3. The lowest BCUT2D eigenvalue weighted by Gasteiger charge is -2.06. The predicted molar refractivity (Wildman–Crippen MR) is 116 cm³/mol. The Morgan fingerprint density at radius 1 is 0.714 bits per heavy atom. The van der Waals surface area contributed by atoms with Crippen LogP contribution in [0.3, 0.4) is 0 Å². The first-order chi connectivity index (χ1) is 13.4. The number of benzene rings is 3. The van der Waals surface area contributed by atoms with Crippen LogP contribution >= 0.6 is 10.5 Å². The van der Waals surface area contributed by atoms with Gasteiger partial charge in [-0.1, -0.05) is 17.7 Å². The molecule has 0 saturated carbocycles. The number of carbonyl (C=O) groups is 2. The Morgan fingerprint density at radius 2 is 1.18 bits per heavy atom. The molecule has 3 nitrogen and oxygen atoms in total. The van der Waals surface area contributed by atoms with Gasteiger partial charge in [0, 0.05) is 21.6 Å². The van der Waals surface area contributed by atoms with Gasteiger partial charge in [-0.3, -0.25) is 14.4 Å². The van der Waals surface area contributed by atoms with E-state index in [1.165, 1.54) is 19.4 Å². The van der Waals surface area contributed by atoms with Crippen LogP contribution in [0, 0.1) is 6.92 Å². The first-order valence-corrected chi connectivity index (χ1v) is 10.2. The van der Waals surface area contributed by atoms with Gasteiger partial charge in [0.2, 0.25) is 5.43 Å². The number of carbonyl (C=O) groups excluding carboxylic acids is 2. The summed E-state index contributed by atoms with van der Waals surface area (Å²) in [6.45, 7) is 5.03. The minimum absolute atomic E-state index is 0.0749. The van der Waals surface area contributed by atoms with E-state index < -0.39 is 10.5 Å². The number of hydrogen-bond donors (Lipinski definition) is 0. The van der Waals surface area contributed by atoms with Gasteiger partial charge in [0.1, 0.15) is 0 Å². The van der Waals surface area contributed by atoms with Crippen LogP contribution in [-0.4, -0.2) is 11.6 Å². The van der Waals surface area contributed by atoms with Crippen LogP contribution in [0.1, 0.15) is 40.1 Å². The fourth-order valence-electron chi connectivity index (χ4n) is 3.40. The molecule has 0 amide bonds. The number of aryl methyl sites for hydroxylation is 1. The predicted octanol–water partition coefficient (Wildman–Crippen LogP) is 5.81. The Bertz CT molecular complexity index is 1250. The van der Waals surface area contributed by atoms with Gasteiger partial charge in [0.25, 0.3) is 0 Å². The Balaban J connectivity index is 2.21. The third kappa shape index (κ3) is 2.96. The van der Waals surface area contributed by atoms with E-state index in [0.29, 0.717) is 21.9 Å². The molecule has 0 unspecified atom stereocenters. The standard InChI is InChI=1S/C24H19O3S/c1-14-4-8-19(9-5-14)28-22-10-6-17(15(2)25)12-20(22)24(27)21-13-18(16(3)26)7-11-23(21)28/h4-13H,1-3H3/q+1. The van der Waals surface area contributed by atoms with Crippen LogP contribution in [0.5, 0.6) is 0 Å². The highest BCUT2D eigenvalue weighted by Crippen LogP contribution is 2.43. The summed E-state index contributed by atoms with van der Waals surface area (Å²) >= 11 is 0. The first kappa shape index (κ1) is 18.3. The van der Waals surface area contributed by atoms with E-state index in [4.69, 9.17) is 0 Å². The second-order valence-corrected chi connectivity index (χ2v) is 8.95. The maximum absolute atomic E-state index is 13.3. The van der Waals surface area contributed by atoms with E-state index in [-0.39, 0.29) is 17.0 Å². The second-order valence-electron chi connectivity index (χ2n) is 6.98. The zero-order valence-electron chi connectivity index (χ0n) is 15.9. The Kier molecular flexibility index (Phi) is 4.44. The van der Waals surface area contributed by atoms with E-state index in [1.54, 1.807) is 24.3 Å². The lowest BCUT2D eigenvalue weighted by Crippen LogP contribution is -2.05. The van der Waals surface area contributed by atoms with Crippen molar-refractivity contribution in [3.05, 3.63) is 87.6 Å². The molecule has 0 radical (unpaired) electrons. The Labute approximate surface area is 165 Å². The Hall–Kier alpha value is -3.11. The summed E-state index contributed by atoms with van der Waals surface area (Å²) in [7, 11) is -0.473. The minimum atomic E-state index is -0.473. The lowest BCUT2D eigenvalue weighted by molar-refractivity contribution is 0.100. The third-order valence-electron chi connectivity index (χ3n) is 4.96. The number of Topliss-reactive ketones (excluding diaryl/α,β-unsaturated/α-hetero) is 2. The zero-order chi connectivity index (χ0) is 20.0. The van der Waals surface area contributed by atoms with Gasteiger partial charge in [0.15, 0.2) is 25.9 Å². The van der Waals surface area contributed by atoms with Crippen molar-refractivity contribution in [3.8, 4) is 4.90 Å². The average Bonchev–Trinajstić information content (AvgIpc) is 2.69. The summed E-state index contributed by atoms with van der Waals surface area (Å²) in [6.07, 6.45) is 0. The van der Waals surface area contributed by atoms with Crippen LogP contribution in [0.2, 0.25) is 0 Å². The molecule has 4 aromatic rings. The second kappa shape index (κ2) is 6.80. The first-order valence-electron chi connectivity index (χ1n) is 9.02. The van der Waals surface area contributed by atoms with E-state index in [0.717, 1.165) is 14.3 Å². The van der Waals surface area contributed by atoms with Gasteiger partial charge in [-0.25, -0.2) is 0 Å². The van der Waals surface area contributed by atoms with E-state index >= 15 is 0 Å². The van der Waals surface area contributed by atoms with Gasteiger partial charge in [-0.05, 0) is 69.3 Å². The highest BCUT2D eigenvalue weighted by Gasteiger charge is 2.24. The summed E-state index contributed by atoms with van der Waals surface area (Å²) in [6, 6.07) is 19.0. The highest BCUT2D eigenvalue weighted by atomic mass is 32.2. The highest BCUT2D eigenvalue weighted by molar-refractivity contribution is 7.49. The van der Waals surface area contributed by atoms with Crippen LogP contribution in [-0.2, 0) is 0 Å². The van der Waals surface area contributed by atoms with Crippen molar-refractivity contribution in [1.82, 2.24) is 0 Å². The minimum Gasteiger partial charge on any atom is -0.295 e. The molecule has 1 heterocycles. The topological polar surface area (TPSA) is 51.2 Å². The van der Waals surface area contributed by atoms with Crippen molar-refractivity contribution < 1.29 is 9.59 Å². The molecule has 4 rings (SSSR count). The molecule has 0 atom stereocenters. The molecular formula is C24H19O3S+. The maximum atomic E-state index is 13.3. The summed E-state index contributed by atoms with van der Waals surface area (Å²) in [5, 5.41) is 1.09. The maximum Gasteiger partial charge on any atom is 0.204 e. The number of ketones is 2. The van der Waals surface area contributed by atoms with Crippen LogP contribution in [0.25, 0.3) is 25.1 Å². The molecule has 3 aromatic carbocycles. The van der Waals surface area contributed by atoms with Crippen molar-refractivity contribution in [1.29, 1.82) is 0 Å². The molecule has 0 spiro atoms. The summed E-state index contributed by atoms with van der Waals surface area (Å²) in [5.41, 5.74) is 2.07. The smallest absolute Gasteiger partial charge is 0.204 e. The normalized spacial score (nSPS) is 11.1. The number of fused-ring (bicyclic) bond motifs is 2. The number of rotatable bonds is 3. The van der Waals surface area contributed by atoms with Gasteiger partial charge in [-0.2, -0.15) is 0 Å². The molecule has 0 saturated heterocycles. The molecule has 0 aliphatic carbocycles. The molecule has 4 heteroatoms. The molecule has 0 bridgehead atoms. The summed E-state index contributed by atoms with van der Waals surface area (Å²) < 4.78 is 1.84. The molecule has 0 N–H and O–H groups in total. The molecular weight excluding hydrogens is 368 g/mol. The van der Waals surface area contributed by atoms with E-state index in [9.17, 15) is 14.4 Å². The van der Waals surface area contributed by atoms with Gasteiger partial charge >= 0.3 is 0 Å². The van der Waals surface area contributed by atoms with Crippen molar-refractivity contribution in [2.45, 2.75) is 20.8 Å². The molecule has 0 aliphatic heterocycles. The van der Waals surface area contributed by atoms with E-state index in [2.05, 4.69) is 24.3 Å². The van der Waals surface area contributed by atoms with Crippen LogP contribution < -0.4 is 5.43 Å². The van der Waals surface area contributed by atoms with Crippen LogP contribution in [0.4, 0.5) is 0 Å². The van der Waals surface area contributed by atoms with Crippen molar-refractivity contribution in [2.24, 2.45) is 0 Å². The van der Waals surface area contributed by atoms with Crippen LogP contribution in [0.15, 0.2) is 65.5 Å². The van der Waals surface area contributed by atoms with Gasteiger partial charge in [0.05, 0.1) is 10.8 Å². The Morgan fingerprint density at radius 3 is 1.61 bits per heavy atom. The summed E-state index contributed by atoms with van der Waals surface area (Å²) in [4.78, 5) is 38.1. The molecule has 1 aromatic heterocycles. The quantitative estimate of drug-likeness (QED) is 0.253. The van der Waals surface area contributed by atoms with Crippen molar-refractivity contribution in [2.75, 3.05) is 0 Å². The molecule has 138 valence electrons. The van der Waals surface area contributed by atoms with E-state index in [1.807, 2.05) is 19.1 Å². The van der Waals surface area contributed by atoms with Gasteiger partial charge < -0.3 is 0 Å². The SMILES string of the molecule is CC(=O)c1ccc2c(c1)c(=O)c1cc(C(C)=O)ccc1[s+]2-c1ccc(C)cc1. The average molecular weight is 387 g/mol. The molecule has 0 aliphatic rings. The fraction of sp³-hybridized carbons (Fsp3) is 0.125. The third-order valence-corrected chi connectivity index (χ3v) is 7.29.